The second-order valence-electron chi connectivity index (χ2n) is 7.05. The lowest BCUT2D eigenvalue weighted by molar-refractivity contribution is 0.706. The van der Waals surface area contributed by atoms with Crippen molar-refractivity contribution in [3.63, 3.8) is 0 Å². The molecule has 1 aromatic carbocycles. The maximum atomic E-state index is 4.13. The molecule has 1 atom stereocenters. The largest absolute Gasteiger partial charge is 0.310 e. The lowest BCUT2D eigenvalue weighted by Gasteiger charge is -2.31. The van der Waals surface area contributed by atoms with Crippen LogP contribution in [0.3, 0.4) is 0 Å². The summed E-state index contributed by atoms with van der Waals surface area (Å²) in [5, 5.41) is 0. The molecule has 0 aliphatic heterocycles. The van der Waals surface area contributed by atoms with Crippen LogP contribution in [0.25, 0.3) is 5.57 Å². The molecule has 2 rings (SSSR count). The lowest BCUT2D eigenvalue weighted by Crippen LogP contribution is -2.22. The predicted octanol–water partition coefficient (Wildman–Crippen LogP) is 9.82. The predicted molar refractivity (Wildman–Crippen MR) is 149 cm³/mol. The minimum atomic E-state index is 0.534. The summed E-state index contributed by atoms with van der Waals surface area (Å²) in [6.07, 6.45) is 15.2. The average molecular weight is 430 g/mol. The lowest BCUT2D eigenvalue weighted by atomic mass is 9.87. The molecule has 1 aromatic rings. The van der Waals surface area contributed by atoms with Gasteiger partial charge in [-0.2, -0.15) is 0 Å². The number of anilines is 1. The van der Waals surface area contributed by atoms with Crippen LogP contribution in [0.1, 0.15) is 60.5 Å². The molecule has 1 unspecified atom stereocenters. The number of hydrogen-bond donors (Lipinski definition) is 0. The van der Waals surface area contributed by atoms with Gasteiger partial charge in [-0.3, -0.25) is 0 Å². The van der Waals surface area contributed by atoms with Gasteiger partial charge in [-0.1, -0.05) is 103 Å². The summed E-state index contributed by atoms with van der Waals surface area (Å²) >= 11 is 0. The first kappa shape index (κ1) is 28.9. The van der Waals surface area contributed by atoms with Crippen LogP contribution in [0.5, 0.6) is 0 Å². The quantitative estimate of drug-likeness (QED) is 0.390. The van der Waals surface area contributed by atoms with Crippen molar-refractivity contribution in [2.45, 2.75) is 54.9 Å². The van der Waals surface area contributed by atoms with Crippen molar-refractivity contribution in [1.82, 2.24) is 0 Å². The number of benzene rings is 1. The van der Waals surface area contributed by atoms with E-state index in [0.29, 0.717) is 5.92 Å². The van der Waals surface area contributed by atoms with E-state index in [0.717, 1.165) is 34.6 Å². The van der Waals surface area contributed by atoms with Crippen LogP contribution >= 0.6 is 0 Å². The molecule has 172 valence electrons. The van der Waals surface area contributed by atoms with E-state index in [2.05, 4.69) is 87.6 Å². The third kappa shape index (κ3) is 7.57. The van der Waals surface area contributed by atoms with Crippen molar-refractivity contribution >= 4 is 11.3 Å². The Morgan fingerprint density at radius 1 is 1.00 bits per heavy atom. The van der Waals surface area contributed by atoms with Gasteiger partial charge in [0.1, 0.15) is 0 Å². The van der Waals surface area contributed by atoms with E-state index < -0.39 is 0 Å². The highest BCUT2D eigenvalue weighted by atomic mass is 15.2. The summed E-state index contributed by atoms with van der Waals surface area (Å²) < 4.78 is 0. The smallest absolute Gasteiger partial charge is 0.0530 e. The van der Waals surface area contributed by atoms with Gasteiger partial charge in [0.15, 0.2) is 0 Å². The van der Waals surface area contributed by atoms with Gasteiger partial charge >= 0.3 is 0 Å². The minimum Gasteiger partial charge on any atom is -0.310 e. The maximum Gasteiger partial charge on any atom is 0.0530 e. The zero-order valence-corrected chi connectivity index (χ0v) is 21.4. The van der Waals surface area contributed by atoms with Crippen LogP contribution in [0.15, 0.2) is 116 Å². The van der Waals surface area contributed by atoms with Crippen LogP contribution in [-0.2, 0) is 0 Å². The Balaban J connectivity index is 0.00000227. The minimum absolute atomic E-state index is 0.534. The van der Waals surface area contributed by atoms with E-state index in [1.165, 1.54) is 11.1 Å². The topological polar surface area (TPSA) is 3.24 Å². The average Bonchev–Trinajstić information content (AvgIpc) is 2.84. The Hall–Kier alpha value is -3.06. The molecule has 1 nitrogen and oxygen atoms in total. The highest BCUT2D eigenvalue weighted by Crippen LogP contribution is 2.35. The van der Waals surface area contributed by atoms with Gasteiger partial charge in [-0.25, -0.2) is 0 Å². The molecule has 1 aliphatic carbocycles. The third-order valence-corrected chi connectivity index (χ3v) is 4.91. The van der Waals surface area contributed by atoms with Gasteiger partial charge in [0.25, 0.3) is 0 Å². The zero-order valence-electron chi connectivity index (χ0n) is 21.4. The molecule has 0 amide bonds. The molecular formula is C31H43N. The van der Waals surface area contributed by atoms with E-state index in [9.17, 15) is 0 Å². The first-order chi connectivity index (χ1) is 15.5. The summed E-state index contributed by atoms with van der Waals surface area (Å²) in [6.45, 7) is 30.4. The van der Waals surface area contributed by atoms with Gasteiger partial charge in [0, 0.05) is 17.0 Å². The molecule has 1 heteroatoms. The molecule has 32 heavy (non-hydrogen) atoms. The van der Waals surface area contributed by atoms with Crippen LogP contribution in [-0.4, -0.2) is 0 Å². The summed E-state index contributed by atoms with van der Waals surface area (Å²) in [5.41, 5.74) is 7.72. The van der Waals surface area contributed by atoms with Gasteiger partial charge in [-0.15, -0.1) is 0 Å². The summed E-state index contributed by atoms with van der Waals surface area (Å²) in [4.78, 5) is 2.18. The highest BCUT2D eigenvalue weighted by Gasteiger charge is 2.21. The van der Waals surface area contributed by atoms with Gasteiger partial charge < -0.3 is 4.90 Å². The number of nitrogens with zero attached hydrogens (tertiary/aromatic N) is 1. The molecule has 0 N–H and O–H groups in total. The van der Waals surface area contributed by atoms with Gasteiger partial charge in [0.2, 0.25) is 0 Å². The Kier molecular flexibility index (Phi) is 14.2. The summed E-state index contributed by atoms with van der Waals surface area (Å²) in [6, 6.07) is 8.41. The van der Waals surface area contributed by atoms with Crippen LogP contribution in [0.2, 0.25) is 0 Å². The standard InChI is InChI=1S/C27H31N.2C2H6/c1-8-12-24(10-3)28(25-16-14-23(15-17-25)20(5)6)27(11-4)26-18-13-21(7)19-22(26)9-2;2*1-2/h8-18,21H,1,3-5,19H2,2,6-7H3;2*1-2H3/b22-9-,24-12+,27-26+;;. The molecule has 0 radical (unpaired) electrons. The van der Waals surface area contributed by atoms with E-state index >= 15 is 0 Å². The molecule has 1 aliphatic rings. The van der Waals surface area contributed by atoms with Crippen molar-refractivity contribution in [1.29, 1.82) is 0 Å². The molecule has 0 saturated heterocycles. The van der Waals surface area contributed by atoms with Crippen molar-refractivity contribution in [2.24, 2.45) is 5.92 Å². The van der Waals surface area contributed by atoms with Crippen molar-refractivity contribution in [3.8, 4) is 0 Å². The Labute approximate surface area is 198 Å². The maximum absolute atomic E-state index is 4.13. The fourth-order valence-corrected chi connectivity index (χ4v) is 3.41. The Bertz CT molecular complexity index is 885. The first-order valence-electron chi connectivity index (χ1n) is 11.7. The highest BCUT2D eigenvalue weighted by molar-refractivity contribution is 5.70. The zero-order chi connectivity index (χ0) is 24.7. The van der Waals surface area contributed by atoms with Gasteiger partial charge in [0.05, 0.1) is 5.70 Å². The second-order valence-corrected chi connectivity index (χ2v) is 7.05. The monoisotopic (exact) mass is 429 g/mol. The summed E-state index contributed by atoms with van der Waals surface area (Å²) in [5.74, 6) is 0.534. The number of hydrogen-bond acceptors (Lipinski definition) is 1. The molecule has 0 spiro atoms. The van der Waals surface area contributed by atoms with E-state index in [4.69, 9.17) is 0 Å². The number of allylic oxidation sites excluding steroid dienone is 10. The fourth-order valence-electron chi connectivity index (χ4n) is 3.41. The Morgan fingerprint density at radius 3 is 2.03 bits per heavy atom. The molecule has 0 saturated carbocycles. The molecule has 0 fully saturated rings. The van der Waals surface area contributed by atoms with Crippen molar-refractivity contribution < 1.29 is 0 Å². The molecule has 0 aromatic heterocycles. The molecule has 0 bridgehead atoms. The molecular weight excluding hydrogens is 386 g/mol. The fraction of sp³-hybridized carbons (Fsp3) is 0.290. The first-order valence-corrected chi connectivity index (χ1v) is 11.7. The number of rotatable bonds is 7. The SMILES string of the molecule is C=C/C=C(\C=C)N(/C(C=C)=C1\C=CC(C)C\C1=C\C)c1ccc(C(=C)C)cc1.CC.CC. The van der Waals surface area contributed by atoms with E-state index in [-0.39, 0.29) is 0 Å². The van der Waals surface area contributed by atoms with Crippen LogP contribution < -0.4 is 4.90 Å². The third-order valence-electron chi connectivity index (χ3n) is 4.91. The van der Waals surface area contributed by atoms with Crippen molar-refractivity contribution in [3.05, 3.63) is 121 Å². The second kappa shape index (κ2) is 15.7. The van der Waals surface area contributed by atoms with E-state index in [1.54, 1.807) is 6.08 Å². The normalized spacial score (nSPS) is 17.8. The van der Waals surface area contributed by atoms with Crippen LogP contribution in [0, 0.1) is 5.92 Å². The van der Waals surface area contributed by atoms with Gasteiger partial charge in [-0.05, 0) is 67.7 Å². The van der Waals surface area contributed by atoms with Crippen molar-refractivity contribution in [2.75, 3.05) is 4.90 Å². The van der Waals surface area contributed by atoms with E-state index in [1.807, 2.05) is 52.8 Å². The van der Waals surface area contributed by atoms with Crippen LogP contribution in [0.4, 0.5) is 5.69 Å². The molecule has 0 heterocycles. The Morgan fingerprint density at radius 2 is 1.59 bits per heavy atom. The summed E-state index contributed by atoms with van der Waals surface area (Å²) in [7, 11) is 0.